The predicted octanol–water partition coefficient (Wildman–Crippen LogP) is 2.33. The average molecular weight is 347 g/mol. The van der Waals surface area contributed by atoms with Crippen molar-refractivity contribution in [3.8, 4) is 0 Å². The van der Waals surface area contributed by atoms with Gasteiger partial charge in [0, 0.05) is 43.3 Å². The lowest BCUT2D eigenvalue weighted by atomic mass is 9.96. The summed E-state index contributed by atoms with van der Waals surface area (Å²) in [6.45, 7) is 2.07. The molecule has 3 aliphatic rings. The number of thiazole rings is 1. The van der Waals surface area contributed by atoms with Crippen molar-refractivity contribution in [2.24, 2.45) is 11.8 Å². The van der Waals surface area contributed by atoms with E-state index in [2.05, 4.69) is 15.7 Å². The molecule has 24 heavy (non-hydrogen) atoms. The maximum atomic E-state index is 12.4. The van der Waals surface area contributed by atoms with Crippen molar-refractivity contribution in [1.82, 2.24) is 15.2 Å². The van der Waals surface area contributed by atoms with Gasteiger partial charge >= 0.3 is 0 Å². The zero-order valence-electron chi connectivity index (χ0n) is 14.0. The molecule has 0 aromatic carbocycles. The van der Waals surface area contributed by atoms with Crippen LogP contribution in [0.25, 0.3) is 0 Å². The summed E-state index contributed by atoms with van der Waals surface area (Å²) in [4.78, 5) is 31.1. The molecule has 2 amide bonds. The molecule has 0 radical (unpaired) electrons. The van der Waals surface area contributed by atoms with E-state index >= 15 is 0 Å². The van der Waals surface area contributed by atoms with Gasteiger partial charge in [-0.15, -0.1) is 11.3 Å². The van der Waals surface area contributed by atoms with Crippen LogP contribution in [0.5, 0.6) is 0 Å². The normalized spacial score (nSPS) is 24.0. The highest BCUT2D eigenvalue weighted by Crippen LogP contribution is 2.40. The second-order valence-electron chi connectivity index (χ2n) is 7.38. The fourth-order valence-electron chi connectivity index (χ4n) is 3.42. The average Bonchev–Trinajstić information content (AvgIpc) is 3.53. The largest absolute Gasteiger partial charge is 0.355 e. The van der Waals surface area contributed by atoms with E-state index in [1.807, 2.05) is 4.90 Å². The van der Waals surface area contributed by atoms with Gasteiger partial charge in [-0.25, -0.2) is 4.98 Å². The minimum Gasteiger partial charge on any atom is -0.355 e. The van der Waals surface area contributed by atoms with Crippen LogP contribution in [0.2, 0.25) is 0 Å². The smallest absolute Gasteiger partial charge is 0.225 e. The van der Waals surface area contributed by atoms with Crippen molar-refractivity contribution in [2.75, 3.05) is 19.6 Å². The highest BCUT2D eigenvalue weighted by molar-refractivity contribution is 7.09. The Labute approximate surface area is 146 Å². The van der Waals surface area contributed by atoms with Crippen molar-refractivity contribution >= 4 is 23.2 Å². The number of carbonyl (C=O) groups is 2. The summed E-state index contributed by atoms with van der Waals surface area (Å²) in [5.74, 6) is 1.27. The number of nitrogens with one attached hydrogen (secondary N) is 1. The molecule has 3 fully saturated rings. The van der Waals surface area contributed by atoms with E-state index in [1.54, 1.807) is 11.3 Å². The van der Waals surface area contributed by atoms with E-state index in [4.69, 9.17) is 0 Å². The quantitative estimate of drug-likeness (QED) is 0.859. The molecule has 0 spiro atoms. The maximum Gasteiger partial charge on any atom is 0.225 e. The lowest BCUT2D eigenvalue weighted by Crippen LogP contribution is -2.46. The lowest BCUT2D eigenvalue weighted by Gasteiger charge is -2.32. The number of aromatic nitrogens is 1. The summed E-state index contributed by atoms with van der Waals surface area (Å²) in [7, 11) is 0. The molecule has 1 saturated heterocycles. The Morgan fingerprint density at radius 2 is 2.04 bits per heavy atom. The maximum absolute atomic E-state index is 12.4. The van der Waals surface area contributed by atoms with Crippen molar-refractivity contribution < 1.29 is 9.59 Å². The van der Waals surface area contributed by atoms with Crippen LogP contribution in [0, 0.1) is 11.8 Å². The lowest BCUT2D eigenvalue weighted by molar-refractivity contribution is -0.136. The van der Waals surface area contributed by atoms with E-state index in [-0.39, 0.29) is 23.7 Å². The topological polar surface area (TPSA) is 62.3 Å². The number of hydrogen-bond donors (Lipinski definition) is 1. The summed E-state index contributed by atoms with van der Waals surface area (Å²) in [5, 5.41) is 6.33. The first-order chi connectivity index (χ1) is 11.7. The Balaban J connectivity index is 1.22. The van der Waals surface area contributed by atoms with Gasteiger partial charge in [0.05, 0.1) is 16.6 Å². The third kappa shape index (κ3) is 3.79. The summed E-state index contributed by atoms with van der Waals surface area (Å²) in [5.41, 5.74) is 1.24. The molecule has 2 aliphatic carbocycles. The zero-order chi connectivity index (χ0) is 16.5. The van der Waals surface area contributed by atoms with Gasteiger partial charge in [0.15, 0.2) is 0 Å². The van der Waals surface area contributed by atoms with Crippen LogP contribution in [-0.2, 0) is 16.0 Å². The van der Waals surface area contributed by atoms with E-state index < -0.39 is 0 Å². The first kappa shape index (κ1) is 16.1. The predicted molar refractivity (Wildman–Crippen MR) is 92.8 cm³/mol. The van der Waals surface area contributed by atoms with Gasteiger partial charge in [-0.2, -0.15) is 0 Å². The molecule has 5 nitrogen and oxygen atoms in total. The number of rotatable bonds is 6. The van der Waals surface area contributed by atoms with Gasteiger partial charge < -0.3 is 10.2 Å². The SMILES string of the molecule is O=C(NCCc1nc(C2CC2)cs1)[C@@H]1CCCN(C(=O)C2CC2)C1. The van der Waals surface area contributed by atoms with Gasteiger partial charge in [0.1, 0.15) is 0 Å². The summed E-state index contributed by atoms with van der Waals surface area (Å²) in [6.07, 6.45) is 7.25. The first-order valence-corrected chi connectivity index (χ1v) is 10.1. The standard InChI is InChI=1S/C18H25N3O2S/c22-17(14-2-1-9-21(10-14)18(23)13-5-6-13)19-8-7-16-20-15(11-24-16)12-3-4-12/h11-14H,1-10H2,(H,19,22)/t14-/m1/s1. The highest BCUT2D eigenvalue weighted by atomic mass is 32.1. The molecule has 1 N–H and O–H groups in total. The second-order valence-corrected chi connectivity index (χ2v) is 8.32. The monoisotopic (exact) mass is 347 g/mol. The first-order valence-electron chi connectivity index (χ1n) is 9.21. The van der Waals surface area contributed by atoms with E-state index in [0.717, 1.165) is 43.7 Å². The van der Waals surface area contributed by atoms with Crippen molar-refractivity contribution in [3.05, 3.63) is 16.1 Å². The zero-order valence-corrected chi connectivity index (χ0v) is 14.8. The van der Waals surface area contributed by atoms with Crippen molar-refractivity contribution in [2.45, 2.75) is 50.9 Å². The van der Waals surface area contributed by atoms with Crippen LogP contribution < -0.4 is 5.32 Å². The molecule has 2 heterocycles. The molecular weight excluding hydrogens is 322 g/mol. The Kier molecular flexibility index (Phi) is 4.57. The second kappa shape index (κ2) is 6.82. The number of amides is 2. The number of nitrogens with zero attached hydrogens (tertiary/aromatic N) is 2. The molecule has 0 bridgehead atoms. The molecule has 2 saturated carbocycles. The van der Waals surface area contributed by atoms with E-state index in [9.17, 15) is 9.59 Å². The van der Waals surface area contributed by atoms with Gasteiger partial charge in [-0.3, -0.25) is 9.59 Å². The molecule has 1 atom stereocenters. The summed E-state index contributed by atoms with van der Waals surface area (Å²) >= 11 is 1.70. The van der Waals surface area contributed by atoms with Gasteiger partial charge in [0.25, 0.3) is 0 Å². The third-order valence-corrected chi connectivity index (χ3v) is 6.16. The number of carbonyl (C=O) groups excluding carboxylic acids is 2. The van der Waals surface area contributed by atoms with Crippen LogP contribution in [-0.4, -0.2) is 41.3 Å². The fourth-order valence-corrected chi connectivity index (χ4v) is 4.30. The molecule has 1 aliphatic heterocycles. The van der Waals surface area contributed by atoms with Crippen LogP contribution in [0.3, 0.4) is 0 Å². The molecule has 130 valence electrons. The van der Waals surface area contributed by atoms with Crippen molar-refractivity contribution in [3.63, 3.8) is 0 Å². The van der Waals surface area contributed by atoms with Crippen LogP contribution in [0.4, 0.5) is 0 Å². The summed E-state index contributed by atoms with van der Waals surface area (Å²) < 4.78 is 0. The Bertz CT molecular complexity index is 622. The van der Waals surface area contributed by atoms with Crippen LogP contribution >= 0.6 is 11.3 Å². The molecule has 1 aromatic rings. The number of piperidine rings is 1. The Hall–Kier alpha value is -1.43. The molecular formula is C18H25N3O2S. The molecule has 4 rings (SSSR count). The van der Waals surface area contributed by atoms with Crippen LogP contribution in [0.15, 0.2) is 5.38 Å². The molecule has 1 aromatic heterocycles. The van der Waals surface area contributed by atoms with Gasteiger partial charge in [-0.05, 0) is 38.5 Å². The van der Waals surface area contributed by atoms with Crippen LogP contribution in [0.1, 0.15) is 55.1 Å². The Morgan fingerprint density at radius 1 is 1.21 bits per heavy atom. The van der Waals surface area contributed by atoms with E-state index in [1.165, 1.54) is 18.5 Å². The Morgan fingerprint density at radius 3 is 2.79 bits per heavy atom. The number of hydrogen-bond acceptors (Lipinski definition) is 4. The number of likely N-dealkylation sites (tertiary alicyclic amines) is 1. The van der Waals surface area contributed by atoms with E-state index in [0.29, 0.717) is 19.0 Å². The van der Waals surface area contributed by atoms with Crippen molar-refractivity contribution in [1.29, 1.82) is 0 Å². The minimum absolute atomic E-state index is 0.0419. The minimum atomic E-state index is -0.0419. The highest BCUT2D eigenvalue weighted by Gasteiger charge is 2.36. The third-order valence-electron chi connectivity index (χ3n) is 5.23. The summed E-state index contributed by atoms with van der Waals surface area (Å²) in [6, 6.07) is 0. The molecule has 6 heteroatoms. The fraction of sp³-hybridized carbons (Fsp3) is 0.722. The molecule has 0 unspecified atom stereocenters. The van der Waals surface area contributed by atoms with Gasteiger partial charge in [0.2, 0.25) is 11.8 Å². The van der Waals surface area contributed by atoms with Gasteiger partial charge in [-0.1, -0.05) is 0 Å².